The number of benzene rings is 1. The number of carbonyl (C=O) groups excluding carboxylic acids is 1. The Bertz CT molecular complexity index is 586. The van der Waals surface area contributed by atoms with E-state index in [1.165, 1.54) is 18.2 Å². The maximum absolute atomic E-state index is 11.9. The summed E-state index contributed by atoms with van der Waals surface area (Å²) in [6.07, 6.45) is 4.40. The summed E-state index contributed by atoms with van der Waals surface area (Å²) in [7, 11) is 0. The number of nitro benzene ring substituents is 1. The van der Waals surface area contributed by atoms with Gasteiger partial charge in [-0.2, -0.15) is 0 Å². The number of carbonyl (C=O) groups is 1. The van der Waals surface area contributed by atoms with Crippen LogP contribution < -0.4 is 10.6 Å². The highest BCUT2D eigenvalue weighted by atomic mass is 16.6. The molecule has 0 saturated carbocycles. The summed E-state index contributed by atoms with van der Waals surface area (Å²) in [5.74, 6) is 0.0800. The molecule has 2 amide bonds. The monoisotopic (exact) mass is 291 g/mol. The number of amides is 2. The maximum Gasteiger partial charge on any atom is 0.319 e. The fraction of sp³-hybridized carbons (Fsp3) is 0.357. The molecule has 1 aromatic rings. The van der Waals surface area contributed by atoms with E-state index < -0.39 is 4.92 Å². The lowest BCUT2D eigenvalue weighted by molar-refractivity contribution is -0.384. The van der Waals surface area contributed by atoms with E-state index in [0.29, 0.717) is 17.7 Å². The zero-order chi connectivity index (χ0) is 15.4. The first-order chi connectivity index (χ1) is 9.99. The fourth-order valence-corrected chi connectivity index (χ4v) is 2.25. The van der Waals surface area contributed by atoms with Gasteiger partial charge in [-0.3, -0.25) is 10.1 Å². The van der Waals surface area contributed by atoms with Crippen LogP contribution in [0.1, 0.15) is 12.0 Å². The van der Waals surface area contributed by atoms with Crippen molar-refractivity contribution in [1.29, 1.82) is 0 Å². The Balaban J connectivity index is 1.94. The lowest BCUT2D eigenvalue weighted by atomic mass is 10.1. The van der Waals surface area contributed by atoms with Crippen molar-refractivity contribution in [2.24, 2.45) is 5.92 Å². The molecule has 2 rings (SSSR count). The van der Waals surface area contributed by atoms with E-state index in [4.69, 9.17) is 5.11 Å². The van der Waals surface area contributed by atoms with Crippen LogP contribution in [-0.4, -0.2) is 28.7 Å². The SMILES string of the molecule is Cc1cc([N+](=O)[O-])ccc1NC(=O)N[C@@H]1C=C[C@H](CO)C1. The van der Waals surface area contributed by atoms with Crippen molar-refractivity contribution in [2.45, 2.75) is 19.4 Å². The Morgan fingerprint density at radius 2 is 2.24 bits per heavy atom. The van der Waals surface area contributed by atoms with Crippen LogP contribution in [0.25, 0.3) is 0 Å². The maximum atomic E-state index is 11.9. The van der Waals surface area contributed by atoms with E-state index >= 15 is 0 Å². The zero-order valence-corrected chi connectivity index (χ0v) is 11.6. The second kappa shape index (κ2) is 6.36. The number of hydrogen-bond acceptors (Lipinski definition) is 4. The summed E-state index contributed by atoms with van der Waals surface area (Å²) in [6, 6.07) is 3.78. The van der Waals surface area contributed by atoms with Crippen molar-refractivity contribution in [3.8, 4) is 0 Å². The van der Waals surface area contributed by atoms with Crippen molar-refractivity contribution in [2.75, 3.05) is 11.9 Å². The van der Waals surface area contributed by atoms with E-state index in [2.05, 4.69) is 10.6 Å². The third-order valence-corrected chi connectivity index (χ3v) is 3.39. The largest absolute Gasteiger partial charge is 0.396 e. The van der Waals surface area contributed by atoms with Gasteiger partial charge in [-0.15, -0.1) is 0 Å². The van der Waals surface area contributed by atoms with Crippen LogP contribution in [0.4, 0.5) is 16.2 Å². The predicted octanol–water partition coefficient (Wildman–Crippen LogP) is 1.96. The second-order valence-corrected chi connectivity index (χ2v) is 5.02. The second-order valence-electron chi connectivity index (χ2n) is 5.02. The molecule has 0 heterocycles. The minimum absolute atomic E-state index is 0.0111. The minimum atomic E-state index is -0.477. The molecule has 3 N–H and O–H groups in total. The van der Waals surface area contributed by atoms with Crippen LogP contribution in [0.5, 0.6) is 0 Å². The number of non-ortho nitro benzene ring substituents is 1. The number of aliphatic hydroxyl groups is 1. The van der Waals surface area contributed by atoms with Crippen LogP contribution in [0.15, 0.2) is 30.4 Å². The average molecular weight is 291 g/mol. The lowest BCUT2D eigenvalue weighted by Crippen LogP contribution is -2.36. The van der Waals surface area contributed by atoms with Gasteiger partial charge < -0.3 is 15.7 Å². The number of aliphatic hydroxyl groups excluding tert-OH is 1. The first kappa shape index (κ1) is 15.0. The molecule has 1 aromatic carbocycles. The van der Waals surface area contributed by atoms with Crippen molar-refractivity contribution in [3.05, 3.63) is 46.0 Å². The number of hydrogen-bond donors (Lipinski definition) is 3. The lowest BCUT2D eigenvalue weighted by Gasteiger charge is -2.14. The van der Waals surface area contributed by atoms with Gasteiger partial charge in [0.1, 0.15) is 0 Å². The average Bonchev–Trinajstić information content (AvgIpc) is 2.88. The normalized spacial score (nSPS) is 20.3. The standard InChI is InChI=1S/C14H17N3O4/c1-9-6-12(17(20)21)4-5-13(9)16-14(19)15-11-3-2-10(7-11)8-18/h2-6,10-11,18H,7-8H2,1H3,(H2,15,16,19)/t10-,11+/m0/s1. The molecular formula is C14H17N3O4. The molecule has 0 radical (unpaired) electrons. The van der Waals surface area contributed by atoms with E-state index in [-0.39, 0.29) is 30.3 Å². The van der Waals surface area contributed by atoms with Crippen molar-refractivity contribution < 1.29 is 14.8 Å². The fourth-order valence-electron chi connectivity index (χ4n) is 2.25. The van der Waals surface area contributed by atoms with Gasteiger partial charge in [0.2, 0.25) is 0 Å². The number of nitro groups is 1. The van der Waals surface area contributed by atoms with Gasteiger partial charge in [-0.1, -0.05) is 12.2 Å². The van der Waals surface area contributed by atoms with Crippen LogP contribution >= 0.6 is 0 Å². The Morgan fingerprint density at radius 1 is 1.48 bits per heavy atom. The van der Waals surface area contributed by atoms with Gasteiger partial charge in [-0.05, 0) is 25.0 Å². The topological polar surface area (TPSA) is 105 Å². The van der Waals surface area contributed by atoms with Crippen LogP contribution in [-0.2, 0) is 0 Å². The van der Waals surface area contributed by atoms with Crippen molar-refractivity contribution in [1.82, 2.24) is 5.32 Å². The van der Waals surface area contributed by atoms with E-state index in [9.17, 15) is 14.9 Å². The predicted molar refractivity (Wildman–Crippen MR) is 78.1 cm³/mol. The summed E-state index contributed by atoms with van der Waals surface area (Å²) in [6.45, 7) is 1.76. The van der Waals surface area contributed by atoms with Gasteiger partial charge in [0.15, 0.2) is 0 Å². The highest BCUT2D eigenvalue weighted by Crippen LogP contribution is 2.21. The summed E-state index contributed by atoms with van der Waals surface area (Å²) < 4.78 is 0. The highest BCUT2D eigenvalue weighted by molar-refractivity contribution is 5.90. The molecule has 21 heavy (non-hydrogen) atoms. The molecule has 112 valence electrons. The molecule has 0 aliphatic heterocycles. The molecule has 0 aromatic heterocycles. The summed E-state index contributed by atoms with van der Waals surface area (Å²) in [4.78, 5) is 22.1. The van der Waals surface area contributed by atoms with Crippen LogP contribution in [0, 0.1) is 23.0 Å². The molecule has 1 aliphatic carbocycles. The zero-order valence-electron chi connectivity index (χ0n) is 11.6. The number of anilines is 1. The van der Waals surface area contributed by atoms with E-state index in [1.807, 2.05) is 12.2 Å². The number of rotatable bonds is 4. The van der Waals surface area contributed by atoms with E-state index in [0.717, 1.165) is 0 Å². The first-order valence-electron chi connectivity index (χ1n) is 6.61. The molecular weight excluding hydrogens is 274 g/mol. The van der Waals surface area contributed by atoms with Gasteiger partial charge in [0, 0.05) is 36.4 Å². The first-order valence-corrected chi connectivity index (χ1v) is 6.61. The summed E-state index contributed by atoms with van der Waals surface area (Å²) >= 11 is 0. The molecule has 0 bridgehead atoms. The third kappa shape index (κ3) is 3.79. The molecule has 7 nitrogen and oxygen atoms in total. The molecule has 7 heteroatoms. The van der Waals surface area contributed by atoms with Crippen LogP contribution in [0.2, 0.25) is 0 Å². The number of aryl methyl sites for hydroxylation is 1. The quantitative estimate of drug-likeness (QED) is 0.448. The van der Waals surface area contributed by atoms with Crippen LogP contribution in [0.3, 0.4) is 0 Å². The van der Waals surface area contributed by atoms with Crippen molar-refractivity contribution >= 4 is 17.4 Å². The highest BCUT2D eigenvalue weighted by Gasteiger charge is 2.20. The molecule has 0 spiro atoms. The van der Waals surface area contributed by atoms with Gasteiger partial charge >= 0.3 is 6.03 Å². The number of urea groups is 1. The minimum Gasteiger partial charge on any atom is -0.396 e. The molecule has 0 fully saturated rings. The summed E-state index contributed by atoms with van der Waals surface area (Å²) in [5.41, 5.74) is 1.14. The van der Waals surface area contributed by atoms with Gasteiger partial charge in [0.05, 0.1) is 4.92 Å². The Hall–Kier alpha value is -2.41. The van der Waals surface area contributed by atoms with Gasteiger partial charge in [0.25, 0.3) is 5.69 Å². The van der Waals surface area contributed by atoms with E-state index in [1.54, 1.807) is 6.92 Å². The Labute approximate surface area is 121 Å². The molecule has 2 atom stereocenters. The molecule has 0 unspecified atom stereocenters. The molecule has 1 aliphatic rings. The Morgan fingerprint density at radius 3 is 2.81 bits per heavy atom. The number of nitrogens with zero attached hydrogens (tertiary/aromatic N) is 1. The van der Waals surface area contributed by atoms with Crippen molar-refractivity contribution in [3.63, 3.8) is 0 Å². The molecule has 0 saturated heterocycles. The smallest absolute Gasteiger partial charge is 0.319 e. The van der Waals surface area contributed by atoms with Gasteiger partial charge in [-0.25, -0.2) is 4.79 Å². The summed E-state index contributed by atoms with van der Waals surface area (Å²) in [5, 5.41) is 25.1. The number of nitrogens with one attached hydrogen (secondary N) is 2. The third-order valence-electron chi connectivity index (χ3n) is 3.39. The Kier molecular flexibility index (Phi) is 4.54.